The van der Waals surface area contributed by atoms with E-state index in [1.54, 1.807) is 0 Å². The molecule has 0 aromatic heterocycles. The topological polar surface area (TPSA) is 50.8 Å². The normalized spacial score (nSPS) is 24.9. The minimum absolute atomic E-state index is 0.0256. The second kappa shape index (κ2) is 9.94. The second-order valence-electron chi connectivity index (χ2n) is 8.99. The van der Waals surface area contributed by atoms with Crippen LogP contribution in [0.4, 0.5) is 0 Å². The zero-order valence-corrected chi connectivity index (χ0v) is 17.7. The van der Waals surface area contributed by atoms with Crippen LogP contribution < -0.4 is 10.1 Å². The zero-order chi connectivity index (χ0) is 19.9. The molecule has 5 nitrogen and oxygen atoms in total. The highest BCUT2D eigenvalue weighted by Crippen LogP contribution is 2.35. The minimum Gasteiger partial charge on any atom is -0.491 e. The van der Waals surface area contributed by atoms with Gasteiger partial charge in [0.05, 0.1) is 6.10 Å². The summed E-state index contributed by atoms with van der Waals surface area (Å²) in [5.41, 5.74) is 0.873. The average molecular weight is 401 g/mol. The fourth-order valence-corrected chi connectivity index (χ4v) is 5.20. The van der Waals surface area contributed by atoms with Crippen molar-refractivity contribution >= 4 is 5.91 Å². The Balaban J connectivity index is 1.31. The molecular weight excluding hydrogens is 364 g/mol. The molecule has 0 spiro atoms. The molecule has 1 saturated carbocycles. The first kappa shape index (κ1) is 20.7. The molecule has 1 atom stereocenters. The summed E-state index contributed by atoms with van der Waals surface area (Å²) >= 11 is 0. The third-order valence-electron chi connectivity index (χ3n) is 6.97. The van der Waals surface area contributed by atoms with Crippen LogP contribution in [0.5, 0.6) is 5.75 Å². The first-order chi connectivity index (χ1) is 14.3. The molecule has 1 unspecified atom stereocenters. The van der Waals surface area contributed by atoms with Crippen LogP contribution in [-0.2, 0) is 4.74 Å². The molecular formula is C24H36N2O3. The van der Waals surface area contributed by atoms with Crippen molar-refractivity contribution in [2.75, 3.05) is 32.8 Å². The number of piperidine rings is 1. The maximum Gasteiger partial charge on any atom is 0.251 e. The fourth-order valence-electron chi connectivity index (χ4n) is 5.20. The summed E-state index contributed by atoms with van der Waals surface area (Å²) in [5.74, 6) is 0.826. The quantitative estimate of drug-likeness (QED) is 0.747. The molecule has 1 aromatic rings. The smallest absolute Gasteiger partial charge is 0.251 e. The van der Waals surface area contributed by atoms with Gasteiger partial charge in [0.2, 0.25) is 0 Å². The predicted molar refractivity (Wildman–Crippen MR) is 114 cm³/mol. The van der Waals surface area contributed by atoms with Crippen molar-refractivity contribution in [1.82, 2.24) is 10.2 Å². The first-order valence-corrected chi connectivity index (χ1v) is 11.6. The minimum atomic E-state index is 0.0256. The lowest BCUT2D eigenvalue weighted by molar-refractivity contribution is 0.0326. The van der Waals surface area contributed by atoms with Crippen LogP contribution in [0, 0.1) is 0 Å². The Bertz CT molecular complexity index is 643. The van der Waals surface area contributed by atoms with Crippen LogP contribution in [0.3, 0.4) is 0 Å². The van der Waals surface area contributed by atoms with Crippen molar-refractivity contribution in [2.24, 2.45) is 0 Å². The standard InChI is InChI=1S/C24H36N2O3/c27-23(20-9-11-21(12-10-20)29-18-22-8-7-17-28-22)25-19-24(13-3-1-4-14-24)26-15-5-2-6-16-26/h9-12,22H,1-8,13-19H2,(H,25,27). The third-order valence-corrected chi connectivity index (χ3v) is 6.97. The van der Waals surface area contributed by atoms with E-state index in [2.05, 4.69) is 10.2 Å². The molecule has 2 saturated heterocycles. The fraction of sp³-hybridized carbons (Fsp3) is 0.708. The molecule has 1 N–H and O–H groups in total. The van der Waals surface area contributed by atoms with Gasteiger partial charge < -0.3 is 14.8 Å². The van der Waals surface area contributed by atoms with Gasteiger partial charge in [-0.05, 0) is 75.9 Å². The van der Waals surface area contributed by atoms with E-state index in [9.17, 15) is 4.79 Å². The van der Waals surface area contributed by atoms with E-state index in [-0.39, 0.29) is 17.6 Å². The molecule has 29 heavy (non-hydrogen) atoms. The van der Waals surface area contributed by atoms with Gasteiger partial charge in [0.25, 0.3) is 5.91 Å². The van der Waals surface area contributed by atoms with E-state index >= 15 is 0 Å². The largest absolute Gasteiger partial charge is 0.491 e. The number of ether oxygens (including phenoxy) is 2. The Kier molecular flexibility index (Phi) is 7.09. The molecule has 5 heteroatoms. The number of carbonyl (C=O) groups is 1. The number of benzene rings is 1. The van der Waals surface area contributed by atoms with E-state index in [4.69, 9.17) is 9.47 Å². The summed E-state index contributed by atoms with van der Waals surface area (Å²) in [4.78, 5) is 15.5. The Morgan fingerprint density at radius 3 is 2.45 bits per heavy atom. The molecule has 1 amide bonds. The molecule has 1 aromatic carbocycles. The van der Waals surface area contributed by atoms with Crippen molar-refractivity contribution in [3.05, 3.63) is 29.8 Å². The van der Waals surface area contributed by atoms with Crippen molar-refractivity contribution in [1.29, 1.82) is 0 Å². The van der Waals surface area contributed by atoms with E-state index in [0.717, 1.165) is 31.7 Å². The van der Waals surface area contributed by atoms with Crippen molar-refractivity contribution in [3.8, 4) is 5.75 Å². The number of likely N-dealkylation sites (tertiary alicyclic amines) is 1. The molecule has 2 aliphatic heterocycles. The van der Waals surface area contributed by atoms with Gasteiger partial charge >= 0.3 is 0 Å². The van der Waals surface area contributed by atoms with Gasteiger partial charge in [0.1, 0.15) is 12.4 Å². The summed E-state index contributed by atoms with van der Waals surface area (Å²) in [6, 6.07) is 7.53. The van der Waals surface area contributed by atoms with E-state index in [0.29, 0.717) is 12.2 Å². The molecule has 4 rings (SSSR count). The average Bonchev–Trinajstić information content (AvgIpc) is 3.31. The molecule has 160 valence electrons. The molecule has 3 aliphatic rings. The maximum atomic E-state index is 12.8. The van der Waals surface area contributed by atoms with Gasteiger partial charge in [-0.3, -0.25) is 9.69 Å². The van der Waals surface area contributed by atoms with Crippen molar-refractivity contribution in [3.63, 3.8) is 0 Å². The highest BCUT2D eigenvalue weighted by molar-refractivity contribution is 5.94. The molecule has 1 aliphatic carbocycles. The summed E-state index contributed by atoms with van der Waals surface area (Å²) in [7, 11) is 0. The number of carbonyl (C=O) groups excluding carboxylic acids is 1. The van der Waals surface area contributed by atoms with Crippen LogP contribution in [-0.4, -0.2) is 55.3 Å². The van der Waals surface area contributed by atoms with Gasteiger partial charge in [0, 0.05) is 24.3 Å². The molecule has 2 heterocycles. The van der Waals surface area contributed by atoms with Crippen LogP contribution in [0.25, 0.3) is 0 Å². The van der Waals surface area contributed by atoms with Gasteiger partial charge in [-0.15, -0.1) is 0 Å². The Labute approximate surface area is 175 Å². The van der Waals surface area contributed by atoms with Crippen LogP contribution in [0.2, 0.25) is 0 Å². The highest BCUT2D eigenvalue weighted by atomic mass is 16.5. The van der Waals surface area contributed by atoms with E-state index in [1.807, 2.05) is 24.3 Å². The maximum absolute atomic E-state index is 12.8. The molecule has 0 bridgehead atoms. The highest BCUT2D eigenvalue weighted by Gasteiger charge is 2.38. The van der Waals surface area contributed by atoms with E-state index in [1.165, 1.54) is 64.5 Å². The summed E-state index contributed by atoms with van der Waals surface area (Å²) < 4.78 is 11.4. The Morgan fingerprint density at radius 2 is 1.76 bits per heavy atom. The van der Waals surface area contributed by atoms with Crippen molar-refractivity contribution < 1.29 is 14.3 Å². The monoisotopic (exact) mass is 400 g/mol. The van der Waals surface area contributed by atoms with Gasteiger partial charge in [-0.1, -0.05) is 25.7 Å². The first-order valence-electron chi connectivity index (χ1n) is 11.6. The zero-order valence-electron chi connectivity index (χ0n) is 17.7. The SMILES string of the molecule is O=C(NCC1(N2CCCCC2)CCCCC1)c1ccc(OCC2CCCO2)cc1. The number of nitrogens with one attached hydrogen (secondary N) is 1. The third kappa shape index (κ3) is 5.32. The Morgan fingerprint density at radius 1 is 1.03 bits per heavy atom. The van der Waals surface area contributed by atoms with E-state index < -0.39 is 0 Å². The number of rotatable bonds is 7. The van der Waals surface area contributed by atoms with Crippen LogP contribution >= 0.6 is 0 Å². The predicted octanol–water partition coefficient (Wildman–Crippen LogP) is 4.16. The molecule has 3 fully saturated rings. The lowest BCUT2D eigenvalue weighted by atomic mass is 9.79. The lowest BCUT2D eigenvalue weighted by Gasteiger charge is -2.48. The number of amides is 1. The number of hydrogen-bond acceptors (Lipinski definition) is 4. The van der Waals surface area contributed by atoms with Gasteiger partial charge in [-0.25, -0.2) is 0 Å². The van der Waals surface area contributed by atoms with Crippen LogP contribution in [0.15, 0.2) is 24.3 Å². The van der Waals surface area contributed by atoms with Gasteiger partial charge in [0.15, 0.2) is 0 Å². The number of nitrogens with zero attached hydrogens (tertiary/aromatic N) is 1. The van der Waals surface area contributed by atoms with Gasteiger partial charge in [-0.2, -0.15) is 0 Å². The molecule has 0 radical (unpaired) electrons. The Hall–Kier alpha value is -1.59. The second-order valence-corrected chi connectivity index (χ2v) is 8.99. The van der Waals surface area contributed by atoms with Crippen LogP contribution in [0.1, 0.15) is 74.6 Å². The summed E-state index contributed by atoms with van der Waals surface area (Å²) in [6.45, 7) is 4.57. The van der Waals surface area contributed by atoms with Crippen molar-refractivity contribution in [2.45, 2.75) is 75.9 Å². The summed E-state index contributed by atoms with van der Waals surface area (Å²) in [6.07, 6.45) is 12.6. The number of hydrogen-bond donors (Lipinski definition) is 1. The lowest BCUT2D eigenvalue weighted by Crippen LogP contribution is -2.58. The summed E-state index contributed by atoms with van der Waals surface area (Å²) in [5, 5.41) is 3.26.